The van der Waals surface area contributed by atoms with Crippen LogP contribution in [-0.4, -0.2) is 16.7 Å². The van der Waals surface area contributed by atoms with Crippen LogP contribution in [0.15, 0.2) is 36.4 Å². The van der Waals surface area contributed by atoms with E-state index < -0.39 is 11.0 Å². The van der Waals surface area contributed by atoms with Crippen LogP contribution in [0.5, 0.6) is 0 Å². The lowest BCUT2D eigenvalue weighted by molar-refractivity contribution is -0.136. The molecule has 1 saturated carbocycles. The number of ketones is 2. The van der Waals surface area contributed by atoms with Gasteiger partial charge in [-0.05, 0) is 29.7 Å². The Morgan fingerprint density at radius 3 is 2.67 bits per heavy atom. The average Bonchev–Trinajstić information content (AvgIpc) is 2.71. The Labute approximate surface area is 122 Å². The van der Waals surface area contributed by atoms with Gasteiger partial charge in [0.1, 0.15) is 11.4 Å². The zero-order valence-corrected chi connectivity index (χ0v) is 11.8. The van der Waals surface area contributed by atoms with E-state index in [-0.39, 0.29) is 18.0 Å². The summed E-state index contributed by atoms with van der Waals surface area (Å²) in [5.41, 5.74) is -0.953. The van der Waals surface area contributed by atoms with Crippen LogP contribution in [0.2, 0.25) is 0 Å². The molecule has 1 fully saturated rings. The van der Waals surface area contributed by atoms with E-state index >= 15 is 0 Å². The van der Waals surface area contributed by atoms with E-state index in [0.717, 1.165) is 10.8 Å². The molecule has 0 radical (unpaired) electrons. The van der Waals surface area contributed by atoms with Crippen molar-refractivity contribution in [3.8, 4) is 0 Å². The first-order valence-electron chi connectivity index (χ1n) is 7.28. The smallest absolute Gasteiger partial charge is 0.165 e. The standard InChI is InChI=1S/C18H16O3/c1-17-10-14(19)16-12-5-3-2-4-11(12)6-7-13(16)18(17,21)9-8-15(17)20/h2-7,21H,8-10H2,1H3/t17-,18-/m1/s1. The van der Waals surface area contributed by atoms with Gasteiger partial charge in [0.25, 0.3) is 0 Å². The predicted molar refractivity (Wildman–Crippen MR) is 79.1 cm³/mol. The molecule has 0 heterocycles. The van der Waals surface area contributed by atoms with E-state index in [1.54, 1.807) is 6.92 Å². The lowest BCUT2D eigenvalue weighted by Crippen LogP contribution is -2.48. The summed E-state index contributed by atoms with van der Waals surface area (Å²) in [6.07, 6.45) is 0.844. The maximum Gasteiger partial charge on any atom is 0.165 e. The van der Waals surface area contributed by atoms with Gasteiger partial charge in [-0.1, -0.05) is 36.4 Å². The Morgan fingerprint density at radius 2 is 1.86 bits per heavy atom. The topological polar surface area (TPSA) is 54.4 Å². The molecule has 3 nitrogen and oxygen atoms in total. The Hall–Kier alpha value is -2.00. The van der Waals surface area contributed by atoms with Crippen LogP contribution >= 0.6 is 0 Å². The molecule has 2 aromatic carbocycles. The van der Waals surface area contributed by atoms with Gasteiger partial charge in [-0.15, -0.1) is 0 Å². The summed E-state index contributed by atoms with van der Waals surface area (Å²) < 4.78 is 0. The molecule has 0 spiro atoms. The van der Waals surface area contributed by atoms with Crippen molar-refractivity contribution in [1.29, 1.82) is 0 Å². The van der Waals surface area contributed by atoms with Crippen LogP contribution < -0.4 is 0 Å². The van der Waals surface area contributed by atoms with Crippen molar-refractivity contribution in [2.24, 2.45) is 5.41 Å². The summed E-state index contributed by atoms with van der Waals surface area (Å²) in [5, 5.41) is 13.1. The highest BCUT2D eigenvalue weighted by Gasteiger charge is 2.61. The number of aliphatic hydroxyl groups is 1. The molecule has 0 amide bonds. The van der Waals surface area contributed by atoms with Gasteiger partial charge in [0.15, 0.2) is 5.78 Å². The van der Waals surface area contributed by atoms with Crippen molar-refractivity contribution in [1.82, 2.24) is 0 Å². The number of carbonyl (C=O) groups excluding carboxylic acids is 2. The summed E-state index contributed by atoms with van der Waals surface area (Å²) in [5.74, 6) is -0.0404. The zero-order valence-electron chi connectivity index (χ0n) is 11.8. The van der Waals surface area contributed by atoms with Crippen LogP contribution in [-0.2, 0) is 10.4 Å². The van der Waals surface area contributed by atoms with Gasteiger partial charge in [0.2, 0.25) is 0 Å². The number of Topliss-reactive ketones (excluding diaryl/α,β-unsaturated/α-hetero) is 2. The van der Waals surface area contributed by atoms with Crippen LogP contribution in [0.4, 0.5) is 0 Å². The largest absolute Gasteiger partial charge is 0.384 e. The Morgan fingerprint density at radius 1 is 1.10 bits per heavy atom. The van der Waals surface area contributed by atoms with E-state index in [9.17, 15) is 14.7 Å². The Balaban J connectivity index is 2.10. The summed E-state index contributed by atoms with van der Waals surface area (Å²) in [6.45, 7) is 1.73. The molecule has 0 aromatic heterocycles. The molecule has 4 rings (SSSR count). The first-order chi connectivity index (χ1) is 9.97. The molecule has 0 bridgehead atoms. The second-order valence-corrected chi connectivity index (χ2v) is 6.42. The minimum Gasteiger partial charge on any atom is -0.384 e. The molecule has 21 heavy (non-hydrogen) atoms. The molecule has 2 aliphatic rings. The fraction of sp³-hybridized carbons (Fsp3) is 0.333. The van der Waals surface area contributed by atoms with E-state index in [0.29, 0.717) is 24.0 Å². The molecular formula is C18H16O3. The first kappa shape index (κ1) is 12.7. The van der Waals surface area contributed by atoms with Gasteiger partial charge in [-0.25, -0.2) is 0 Å². The molecule has 3 heteroatoms. The first-order valence-corrected chi connectivity index (χ1v) is 7.28. The van der Waals surface area contributed by atoms with E-state index in [1.165, 1.54) is 0 Å². The second-order valence-electron chi connectivity index (χ2n) is 6.42. The molecular weight excluding hydrogens is 264 g/mol. The maximum absolute atomic E-state index is 12.7. The van der Waals surface area contributed by atoms with E-state index in [1.807, 2.05) is 36.4 Å². The minimum atomic E-state index is -1.21. The van der Waals surface area contributed by atoms with Gasteiger partial charge < -0.3 is 5.11 Å². The maximum atomic E-state index is 12.7. The lowest BCUT2D eigenvalue weighted by atomic mass is 9.62. The molecule has 2 atom stereocenters. The van der Waals surface area contributed by atoms with Gasteiger partial charge in [0.05, 0.1) is 5.41 Å². The van der Waals surface area contributed by atoms with Crippen LogP contribution in [0, 0.1) is 5.41 Å². The van der Waals surface area contributed by atoms with E-state index in [2.05, 4.69) is 0 Å². The van der Waals surface area contributed by atoms with Crippen molar-refractivity contribution in [2.75, 3.05) is 0 Å². The third-order valence-corrected chi connectivity index (χ3v) is 5.41. The Kier molecular flexibility index (Phi) is 2.30. The summed E-state index contributed by atoms with van der Waals surface area (Å²) >= 11 is 0. The number of hydrogen-bond acceptors (Lipinski definition) is 3. The monoisotopic (exact) mass is 280 g/mol. The SMILES string of the molecule is C[C@]12CC(=O)c3c(ccc4ccccc34)[C@]1(O)CCC2=O. The normalized spacial score (nSPS) is 31.3. The summed E-state index contributed by atoms with van der Waals surface area (Å²) in [6, 6.07) is 11.4. The van der Waals surface area contributed by atoms with Crippen molar-refractivity contribution in [3.05, 3.63) is 47.5 Å². The molecule has 0 saturated heterocycles. The fourth-order valence-electron chi connectivity index (χ4n) is 4.08. The molecule has 106 valence electrons. The van der Waals surface area contributed by atoms with Gasteiger partial charge in [-0.2, -0.15) is 0 Å². The molecule has 2 aliphatic carbocycles. The second kappa shape index (κ2) is 3.80. The van der Waals surface area contributed by atoms with Crippen LogP contribution in [0.25, 0.3) is 10.8 Å². The highest BCUT2D eigenvalue weighted by Crippen LogP contribution is 2.57. The molecule has 1 N–H and O–H groups in total. The fourth-order valence-corrected chi connectivity index (χ4v) is 4.08. The Bertz CT molecular complexity index is 807. The highest BCUT2D eigenvalue weighted by molar-refractivity contribution is 6.13. The highest BCUT2D eigenvalue weighted by atomic mass is 16.3. The molecule has 0 aliphatic heterocycles. The zero-order chi connectivity index (χ0) is 14.8. The van der Waals surface area contributed by atoms with E-state index in [4.69, 9.17) is 0 Å². The predicted octanol–water partition coefficient (Wildman–Crippen LogP) is 2.98. The number of rotatable bonds is 0. The third kappa shape index (κ3) is 1.37. The molecule has 0 unspecified atom stereocenters. The summed E-state index contributed by atoms with van der Waals surface area (Å²) in [7, 11) is 0. The van der Waals surface area contributed by atoms with Gasteiger partial charge in [-0.3, -0.25) is 9.59 Å². The summed E-state index contributed by atoms with van der Waals surface area (Å²) in [4.78, 5) is 24.9. The number of carbonyl (C=O) groups is 2. The molecule has 2 aromatic rings. The quantitative estimate of drug-likeness (QED) is 0.807. The number of benzene rings is 2. The average molecular weight is 280 g/mol. The number of hydrogen-bond donors (Lipinski definition) is 1. The van der Waals surface area contributed by atoms with Crippen molar-refractivity contribution < 1.29 is 14.7 Å². The van der Waals surface area contributed by atoms with Crippen molar-refractivity contribution in [3.63, 3.8) is 0 Å². The van der Waals surface area contributed by atoms with Crippen molar-refractivity contribution >= 4 is 22.3 Å². The van der Waals surface area contributed by atoms with Crippen molar-refractivity contribution in [2.45, 2.75) is 31.8 Å². The van der Waals surface area contributed by atoms with Gasteiger partial charge in [0, 0.05) is 18.4 Å². The lowest BCUT2D eigenvalue weighted by Gasteiger charge is -2.43. The minimum absolute atomic E-state index is 0.00263. The number of fused-ring (bicyclic) bond motifs is 5. The van der Waals surface area contributed by atoms with Gasteiger partial charge >= 0.3 is 0 Å². The van der Waals surface area contributed by atoms with Crippen LogP contribution in [0.1, 0.15) is 42.1 Å². The van der Waals surface area contributed by atoms with Crippen LogP contribution in [0.3, 0.4) is 0 Å². The third-order valence-electron chi connectivity index (χ3n) is 5.41.